The van der Waals surface area contributed by atoms with Crippen LogP contribution >= 0.6 is 22.6 Å². The summed E-state index contributed by atoms with van der Waals surface area (Å²) in [5.74, 6) is 0. The molecule has 88 valence electrons. The Hall–Kier alpha value is -0.170. The van der Waals surface area contributed by atoms with E-state index in [0.29, 0.717) is 0 Å². The third-order valence-corrected chi connectivity index (χ3v) is 3.55. The van der Waals surface area contributed by atoms with E-state index in [1.165, 1.54) is 3.57 Å². The zero-order valence-corrected chi connectivity index (χ0v) is 11.4. The van der Waals surface area contributed by atoms with Crippen molar-refractivity contribution in [3.05, 3.63) is 33.4 Å². The quantitative estimate of drug-likeness (QED) is 0.818. The Kier molecular flexibility index (Phi) is 4.57. The predicted octanol–water partition coefficient (Wildman–Crippen LogP) is 1.23. The number of β-amino-alcohol motifs (C(OH)–C–C–N with tert-alkyl or cyclic N) is 1. The Morgan fingerprint density at radius 1 is 1.38 bits per heavy atom. The Labute approximate surface area is 110 Å². The maximum absolute atomic E-state index is 10.1. The van der Waals surface area contributed by atoms with Gasteiger partial charge in [-0.25, -0.2) is 0 Å². The van der Waals surface area contributed by atoms with Gasteiger partial charge in [-0.05, 0) is 40.3 Å². The van der Waals surface area contributed by atoms with Crippen LogP contribution in [0.15, 0.2) is 24.3 Å². The van der Waals surface area contributed by atoms with Crippen LogP contribution in [0.4, 0.5) is 0 Å². The highest BCUT2D eigenvalue weighted by Crippen LogP contribution is 2.17. The lowest BCUT2D eigenvalue weighted by atomic mass is 10.1. The largest absolute Gasteiger partial charge is 0.387 e. The molecule has 2 N–H and O–H groups in total. The summed E-state index contributed by atoms with van der Waals surface area (Å²) in [7, 11) is 0. The summed E-state index contributed by atoms with van der Waals surface area (Å²) in [4.78, 5) is 2.31. The van der Waals surface area contributed by atoms with Gasteiger partial charge in [0.05, 0.1) is 6.10 Å². The lowest BCUT2D eigenvalue weighted by Gasteiger charge is -2.29. The van der Waals surface area contributed by atoms with Crippen LogP contribution in [0.1, 0.15) is 11.7 Å². The van der Waals surface area contributed by atoms with Gasteiger partial charge in [0.15, 0.2) is 0 Å². The van der Waals surface area contributed by atoms with E-state index in [1.54, 1.807) is 0 Å². The van der Waals surface area contributed by atoms with Crippen LogP contribution in [-0.2, 0) is 0 Å². The summed E-state index contributed by atoms with van der Waals surface area (Å²) < 4.78 is 1.18. The highest BCUT2D eigenvalue weighted by atomic mass is 127. The van der Waals surface area contributed by atoms with Crippen LogP contribution in [0.5, 0.6) is 0 Å². The number of piperazine rings is 1. The molecule has 0 amide bonds. The van der Waals surface area contributed by atoms with E-state index in [4.69, 9.17) is 0 Å². The minimum atomic E-state index is -0.368. The standard InChI is InChI=1S/C12H17IN2O/c13-11-3-1-2-10(8-11)12(16)9-15-6-4-14-5-7-15/h1-3,8,12,14,16H,4-7,9H2. The van der Waals surface area contributed by atoms with Crippen LogP contribution in [-0.4, -0.2) is 42.7 Å². The second-order valence-corrected chi connectivity index (χ2v) is 5.37. The van der Waals surface area contributed by atoms with Gasteiger partial charge in [-0.1, -0.05) is 12.1 Å². The fraction of sp³-hybridized carbons (Fsp3) is 0.500. The minimum absolute atomic E-state index is 0.368. The number of rotatable bonds is 3. The van der Waals surface area contributed by atoms with Crippen molar-refractivity contribution in [2.24, 2.45) is 0 Å². The molecule has 16 heavy (non-hydrogen) atoms. The zero-order valence-electron chi connectivity index (χ0n) is 9.19. The van der Waals surface area contributed by atoms with Crippen molar-refractivity contribution in [3.63, 3.8) is 0 Å². The van der Waals surface area contributed by atoms with Gasteiger partial charge in [0.1, 0.15) is 0 Å². The summed E-state index contributed by atoms with van der Waals surface area (Å²) in [5.41, 5.74) is 1.02. The van der Waals surface area contributed by atoms with Gasteiger partial charge in [-0.15, -0.1) is 0 Å². The number of aliphatic hydroxyl groups is 1. The number of hydrogen-bond acceptors (Lipinski definition) is 3. The van der Waals surface area contributed by atoms with E-state index in [0.717, 1.165) is 38.3 Å². The number of aliphatic hydroxyl groups excluding tert-OH is 1. The molecule has 1 aromatic rings. The Morgan fingerprint density at radius 2 is 2.12 bits per heavy atom. The SMILES string of the molecule is OC(CN1CCNCC1)c1cccc(I)c1. The normalized spacial score (nSPS) is 19.6. The maximum atomic E-state index is 10.1. The van der Waals surface area contributed by atoms with Crippen molar-refractivity contribution in [2.75, 3.05) is 32.7 Å². The monoisotopic (exact) mass is 332 g/mol. The van der Waals surface area contributed by atoms with Crippen LogP contribution in [0.3, 0.4) is 0 Å². The molecule has 0 aromatic heterocycles. The summed E-state index contributed by atoms with van der Waals surface area (Å²) >= 11 is 2.27. The molecule has 2 rings (SSSR count). The van der Waals surface area contributed by atoms with Crippen LogP contribution in [0.2, 0.25) is 0 Å². The summed E-state index contributed by atoms with van der Waals surface area (Å²) in [6, 6.07) is 8.09. The lowest BCUT2D eigenvalue weighted by Crippen LogP contribution is -2.44. The Balaban J connectivity index is 1.94. The number of halogens is 1. The molecule has 0 radical (unpaired) electrons. The van der Waals surface area contributed by atoms with Gasteiger partial charge in [-0.3, -0.25) is 4.90 Å². The van der Waals surface area contributed by atoms with Crippen molar-refractivity contribution in [3.8, 4) is 0 Å². The van der Waals surface area contributed by atoms with Crippen LogP contribution < -0.4 is 5.32 Å². The van der Waals surface area contributed by atoms with E-state index in [2.05, 4.69) is 32.8 Å². The van der Waals surface area contributed by atoms with Gasteiger partial charge >= 0.3 is 0 Å². The molecule has 1 atom stereocenters. The highest BCUT2D eigenvalue weighted by Gasteiger charge is 2.15. The first-order valence-corrected chi connectivity index (χ1v) is 6.70. The number of hydrogen-bond donors (Lipinski definition) is 2. The van der Waals surface area contributed by atoms with Gasteiger partial charge in [0, 0.05) is 36.3 Å². The molecular formula is C12H17IN2O. The molecule has 1 heterocycles. The molecule has 1 saturated heterocycles. The van der Waals surface area contributed by atoms with Crippen molar-refractivity contribution >= 4 is 22.6 Å². The van der Waals surface area contributed by atoms with Crippen LogP contribution in [0.25, 0.3) is 0 Å². The first kappa shape index (κ1) is 12.3. The van der Waals surface area contributed by atoms with E-state index >= 15 is 0 Å². The van der Waals surface area contributed by atoms with E-state index in [-0.39, 0.29) is 6.10 Å². The topological polar surface area (TPSA) is 35.5 Å². The molecule has 1 fully saturated rings. The zero-order chi connectivity index (χ0) is 11.4. The van der Waals surface area contributed by atoms with Crippen molar-refractivity contribution in [2.45, 2.75) is 6.10 Å². The van der Waals surface area contributed by atoms with E-state index in [9.17, 15) is 5.11 Å². The summed E-state index contributed by atoms with van der Waals surface area (Å²) in [6.45, 7) is 4.85. The van der Waals surface area contributed by atoms with Gasteiger partial charge < -0.3 is 10.4 Å². The fourth-order valence-electron chi connectivity index (χ4n) is 1.96. The second kappa shape index (κ2) is 5.95. The first-order valence-electron chi connectivity index (χ1n) is 5.62. The lowest BCUT2D eigenvalue weighted by molar-refractivity contribution is 0.105. The third kappa shape index (κ3) is 3.41. The van der Waals surface area contributed by atoms with Gasteiger partial charge in [-0.2, -0.15) is 0 Å². The molecule has 1 aromatic carbocycles. The summed E-state index contributed by atoms with van der Waals surface area (Å²) in [5, 5.41) is 13.4. The molecule has 3 nitrogen and oxygen atoms in total. The molecule has 1 aliphatic rings. The average Bonchev–Trinajstić information content (AvgIpc) is 2.30. The Morgan fingerprint density at radius 3 is 2.81 bits per heavy atom. The number of nitrogens with zero attached hydrogens (tertiary/aromatic N) is 1. The van der Waals surface area contributed by atoms with Gasteiger partial charge in [0.2, 0.25) is 0 Å². The van der Waals surface area contributed by atoms with E-state index in [1.807, 2.05) is 24.3 Å². The van der Waals surface area contributed by atoms with Gasteiger partial charge in [0.25, 0.3) is 0 Å². The second-order valence-electron chi connectivity index (χ2n) is 4.12. The maximum Gasteiger partial charge on any atom is 0.0917 e. The molecule has 0 spiro atoms. The molecule has 4 heteroatoms. The summed E-state index contributed by atoms with van der Waals surface area (Å²) in [6.07, 6.45) is -0.368. The predicted molar refractivity (Wildman–Crippen MR) is 73.4 cm³/mol. The molecule has 0 bridgehead atoms. The minimum Gasteiger partial charge on any atom is -0.387 e. The third-order valence-electron chi connectivity index (χ3n) is 2.87. The Bertz CT molecular complexity index is 340. The molecule has 1 unspecified atom stereocenters. The number of nitrogens with one attached hydrogen (secondary N) is 1. The fourth-order valence-corrected chi connectivity index (χ4v) is 2.52. The molecule has 0 saturated carbocycles. The van der Waals surface area contributed by atoms with Crippen LogP contribution in [0, 0.1) is 3.57 Å². The van der Waals surface area contributed by atoms with E-state index < -0.39 is 0 Å². The molecular weight excluding hydrogens is 315 g/mol. The smallest absolute Gasteiger partial charge is 0.0917 e. The molecule has 1 aliphatic heterocycles. The highest BCUT2D eigenvalue weighted by molar-refractivity contribution is 14.1. The number of benzene rings is 1. The van der Waals surface area contributed by atoms with Crippen molar-refractivity contribution in [1.82, 2.24) is 10.2 Å². The average molecular weight is 332 g/mol. The van der Waals surface area contributed by atoms with Crippen molar-refractivity contribution in [1.29, 1.82) is 0 Å². The molecule has 0 aliphatic carbocycles. The van der Waals surface area contributed by atoms with Crippen molar-refractivity contribution < 1.29 is 5.11 Å². The first-order chi connectivity index (χ1) is 7.75.